The molecule has 1 heterocycles. The molecule has 0 aromatic heterocycles. The van der Waals surface area contributed by atoms with Crippen LogP contribution in [0.4, 0.5) is 10.1 Å². The van der Waals surface area contributed by atoms with Crippen LogP contribution in [0.5, 0.6) is 0 Å². The molecule has 4 heteroatoms. The molecular weight excluding hydrogens is 255 g/mol. The van der Waals surface area contributed by atoms with Gasteiger partial charge >= 0.3 is 0 Å². The van der Waals surface area contributed by atoms with Gasteiger partial charge in [-0.05, 0) is 51.8 Å². The Morgan fingerprint density at radius 2 is 2.15 bits per heavy atom. The minimum atomic E-state index is -0.179. The minimum Gasteiger partial charge on any atom is -0.371 e. The van der Waals surface area contributed by atoms with Gasteiger partial charge in [0.05, 0.1) is 17.4 Å². The highest BCUT2D eigenvalue weighted by atomic mass is 19.1. The maximum absolute atomic E-state index is 14.0. The normalized spacial score (nSPS) is 21.1. The predicted molar refractivity (Wildman–Crippen MR) is 80.5 cm³/mol. The molecule has 0 saturated carbocycles. The molecule has 1 aliphatic rings. The van der Waals surface area contributed by atoms with Gasteiger partial charge in [-0.25, -0.2) is 4.39 Å². The zero-order valence-corrected chi connectivity index (χ0v) is 12.4. The van der Waals surface area contributed by atoms with Gasteiger partial charge < -0.3 is 15.4 Å². The third-order valence-corrected chi connectivity index (χ3v) is 3.80. The first kappa shape index (κ1) is 15.3. The van der Waals surface area contributed by atoms with Crippen LogP contribution >= 0.6 is 0 Å². The first-order valence-electron chi connectivity index (χ1n) is 7.39. The zero-order chi connectivity index (χ0) is 14.6. The standard InChI is InChI=1S/C16H25FN2O/c1-16(2)9-8-13(20-16)12-19(11-5-10-18)15-7-4-3-6-14(15)17/h3-4,6-7,13H,5,8-12,18H2,1-2H3. The highest BCUT2D eigenvalue weighted by Gasteiger charge is 2.32. The van der Waals surface area contributed by atoms with Crippen molar-refractivity contribution in [1.82, 2.24) is 0 Å². The molecule has 1 atom stereocenters. The van der Waals surface area contributed by atoms with Crippen molar-refractivity contribution in [3.05, 3.63) is 30.1 Å². The second-order valence-electron chi connectivity index (χ2n) is 6.08. The quantitative estimate of drug-likeness (QED) is 0.870. The number of nitrogens with two attached hydrogens (primary N) is 1. The molecule has 3 nitrogen and oxygen atoms in total. The van der Waals surface area contributed by atoms with E-state index in [2.05, 4.69) is 18.7 Å². The molecule has 1 saturated heterocycles. The van der Waals surface area contributed by atoms with Crippen LogP contribution < -0.4 is 10.6 Å². The molecule has 1 unspecified atom stereocenters. The number of nitrogens with zero attached hydrogens (tertiary/aromatic N) is 1. The SMILES string of the molecule is CC1(C)CCC(CN(CCCN)c2ccccc2F)O1. The molecule has 112 valence electrons. The van der Waals surface area contributed by atoms with Crippen molar-refractivity contribution in [3.63, 3.8) is 0 Å². The molecule has 1 fully saturated rings. The van der Waals surface area contributed by atoms with Gasteiger partial charge in [-0.2, -0.15) is 0 Å². The summed E-state index contributed by atoms with van der Waals surface area (Å²) in [7, 11) is 0. The average Bonchev–Trinajstić information content (AvgIpc) is 2.75. The van der Waals surface area contributed by atoms with Crippen molar-refractivity contribution in [2.45, 2.75) is 44.8 Å². The van der Waals surface area contributed by atoms with E-state index in [0.29, 0.717) is 12.2 Å². The lowest BCUT2D eigenvalue weighted by Gasteiger charge is -2.29. The fraction of sp³-hybridized carbons (Fsp3) is 0.625. The predicted octanol–water partition coefficient (Wildman–Crippen LogP) is 2.94. The summed E-state index contributed by atoms with van der Waals surface area (Å²) in [5.41, 5.74) is 6.18. The zero-order valence-electron chi connectivity index (χ0n) is 12.4. The summed E-state index contributed by atoms with van der Waals surface area (Å²) >= 11 is 0. The van der Waals surface area contributed by atoms with Gasteiger partial charge in [0.2, 0.25) is 0 Å². The van der Waals surface area contributed by atoms with E-state index in [-0.39, 0.29) is 17.5 Å². The molecule has 2 rings (SSSR count). The van der Waals surface area contributed by atoms with Crippen molar-refractivity contribution in [2.75, 3.05) is 24.5 Å². The molecule has 0 spiro atoms. The van der Waals surface area contributed by atoms with E-state index in [9.17, 15) is 4.39 Å². The van der Waals surface area contributed by atoms with Crippen molar-refractivity contribution < 1.29 is 9.13 Å². The summed E-state index contributed by atoms with van der Waals surface area (Å²) in [4.78, 5) is 2.06. The van der Waals surface area contributed by atoms with Crippen molar-refractivity contribution in [3.8, 4) is 0 Å². The fourth-order valence-corrected chi connectivity index (χ4v) is 2.75. The maximum atomic E-state index is 14.0. The van der Waals surface area contributed by atoms with Crippen LogP contribution in [-0.2, 0) is 4.74 Å². The Bertz CT molecular complexity index is 436. The van der Waals surface area contributed by atoms with Crippen molar-refractivity contribution >= 4 is 5.69 Å². The van der Waals surface area contributed by atoms with Crippen LogP contribution in [0.25, 0.3) is 0 Å². The van der Waals surface area contributed by atoms with Gasteiger partial charge in [-0.15, -0.1) is 0 Å². The molecule has 0 amide bonds. The summed E-state index contributed by atoms with van der Waals surface area (Å²) in [6, 6.07) is 6.92. The van der Waals surface area contributed by atoms with E-state index in [1.807, 2.05) is 12.1 Å². The number of halogens is 1. The number of ether oxygens (including phenoxy) is 1. The molecule has 0 radical (unpaired) electrons. The Balaban J connectivity index is 2.06. The van der Waals surface area contributed by atoms with Crippen LogP contribution in [0, 0.1) is 5.82 Å². The number of para-hydroxylation sites is 1. The monoisotopic (exact) mass is 280 g/mol. The minimum absolute atomic E-state index is 0.0561. The summed E-state index contributed by atoms with van der Waals surface area (Å²) in [6.07, 6.45) is 3.10. The van der Waals surface area contributed by atoms with Gasteiger partial charge in [0.15, 0.2) is 0 Å². The van der Waals surface area contributed by atoms with Gasteiger partial charge in [0, 0.05) is 13.1 Å². The summed E-state index contributed by atoms with van der Waals surface area (Å²) in [5, 5.41) is 0. The third-order valence-electron chi connectivity index (χ3n) is 3.80. The maximum Gasteiger partial charge on any atom is 0.146 e. The molecule has 1 aromatic rings. The first-order chi connectivity index (χ1) is 9.52. The first-order valence-corrected chi connectivity index (χ1v) is 7.39. The fourth-order valence-electron chi connectivity index (χ4n) is 2.75. The Kier molecular flexibility index (Phi) is 5.00. The van der Waals surface area contributed by atoms with Crippen LogP contribution in [0.15, 0.2) is 24.3 Å². The number of benzene rings is 1. The van der Waals surface area contributed by atoms with Crippen LogP contribution in [0.3, 0.4) is 0 Å². The molecular formula is C16H25FN2O. The lowest BCUT2D eigenvalue weighted by atomic mass is 10.1. The Morgan fingerprint density at radius 3 is 2.75 bits per heavy atom. The third kappa shape index (κ3) is 3.93. The molecule has 0 aliphatic carbocycles. The summed E-state index contributed by atoms with van der Waals surface area (Å²) in [6.45, 7) is 6.32. The number of anilines is 1. The summed E-state index contributed by atoms with van der Waals surface area (Å²) in [5.74, 6) is -0.179. The molecule has 0 bridgehead atoms. The molecule has 2 N–H and O–H groups in total. The lowest BCUT2D eigenvalue weighted by molar-refractivity contribution is -0.0115. The second-order valence-corrected chi connectivity index (χ2v) is 6.08. The van der Waals surface area contributed by atoms with Crippen LogP contribution in [0.1, 0.15) is 33.1 Å². The topological polar surface area (TPSA) is 38.5 Å². The Morgan fingerprint density at radius 1 is 1.40 bits per heavy atom. The number of hydrogen-bond acceptors (Lipinski definition) is 3. The molecule has 20 heavy (non-hydrogen) atoms. The van der Waals surface area contributed by atoms with Crippen LogP contribution in [-0.4, -0.2) is 31.3 Å². The highest BCUT2D eigenvalue weighted by molar-refractivity contribution is 5.47. The van der Waals surface area contributed by atoms with Gasteiger partial charge in [0.25, 0.3) is 0 Å². The van der Waals surface area contributed by atoms with Gasteiger partial charge in [-0.1, -0.05) is 12.1 Å². The van der Waals surface area contributed by atoms with E-state index < -0.39 is 0 Å². The Hall–Kier alpha value is -1.13. The van der Waals surface area contributed by atoms with E-state index in [4.69, 9.17) is 10.5 Å². The number of rotatable bonds is 6. The lowest BCUT2D eigenvalue weighted by Crippen LogP contribution is -2.35. The van der Waals surface area contributed by atoms with Crippen molar-refractivity contribution in [2.24, 2.45) is 5.73 Å². The molecule has 1 aliphatic heterocycles. The second kappa shape index (κ2) is 6.55. The van der Waals surface area contributed by atoms with Gasteiger partial charge in [0.1, 0.15) is 5.82 Å². The van der Waals surface area contributed by atoms with E-state index in [0.717, 1.165) is 32.4 Å². The van der Waals surface area contributed by atoms with E-state index >= 15 is 0 Å². The number of hydrogen-bond donors (Lipinski definition) is 1. The van der Waals surface area contributed by atoms with Gasteiger partial charge in [-0.3, -0.25) is 0 Å². The highest BCUT2D eigenvalue weighted by Crippen LogP contribution is 2.31. The van der Waals surface area contributed by atoms with E-state index in [1.54, 1.807) is 6.07 Å². The smallest absolute Gasteiger partial charge is 0.146 e. The average molecular weight is 280 g/mol. The largest absolute Gasteiger partial charge is 0.371 e. The van der Waals surface area contributed by atoms with Crippen LogP contribution in [0.2, 0.25) is 0 Å². The molecule has 1 aromatic carbocycles. The van der Waals surface area contributed by atoms with E-state index in [1.165, 1.54) is 6.07 Å². The van der Waals surface area contributed by atoms with Crippen molar-refractivity contribution in [1.29, 1.82) is 0 Å². The summed E-state index contributed by atoms with van der Waals surface area (Å²) < 4.78 is 20.0. The Labute approximate surface area is 120 Å².